The van der Waals surface area contributed by atoms with Crippen LogP contribution in [0, 0.1) is 0 Å². The molecule has 0 bridgehead atoms. The number of aromatic carboxylic acids is 2. The van der Waals surface area contributed by atoms with Crippen LogP contribution in [0.1, 0.15) is 242 Å². The Balaban J connectivity index is 0. The number of carboxylic acids is 2. The summed E-state index contributed by atoms with van der Waals surface area (Å²) in [5.41, 5.74) is -0.380. The van der Waals surface area contributed by atoms with Crippen LogP contribution in [0.15, 0.2) is 24.3 Å². The van der Waals surface area contributed by atoms with Gasteiger partial charge in [-0.1, -0.05) is 180 Å². The molecular formula is C46H82O8. The summed E-state index contributed by atoms with van der Waals surface area (Å²) in [5, 5.41) is 17.1. The molecule has 1 aromatic carbocycles. The first-order valence-corrected chi connectivity index (χ1v) is 21.9. The van der Waals surface area contributed by atoms with Crippen LogP contribution in [-0.4, -0.2) is 46.3 Å². The molecule has 0 spiro atoms. The highest BCUT2D eigenvalue weighted by Gasteiger charge is 2.13. The summed E-state index contributed by atoms with van der Waals surface area (Å²) in [4.78, 5) is 43.6. The van der Waals surface area contributed by atoms with E-state index in [4.69, 9.17) is 19.7 Å². The summed E-state index contributed by atoms with van der Waals surface area (Å²) in [6.45, 7) is 12.2. The molecule has 0 aromatic heterocycles. The Morgan fingerprint density at radius 1 is 0.426 bits per heavy atom. The molecule has 0 atom stereocenters. The first-order valence-electron chi connectivity index (χ1n) is 21.9. The van der Waals surface area contributed by atoms with Crippen LogP contribution in [0.2, 0.25) is 0 Å². The Kier molecular flexibility index (Phi) is 39.2. The maximum Gasteiger partial charge on any atom is 0.336 e. The second-order valence-corrected chi connectivity index (χ2v) is 15.2. The Morgan fingerprint density at radius 2 is 0.648 bits per heavy atom. The van der Waals surface area contributed by atoms with E-state index >= 15 is 0 Å². The Bertz CT molecular complexity index is 954. The van der Waals surface area contributed by atoms with Crippen molar-refractivity contribution >= 4 is 23.9 Å². The van der Waals surface area contributed by atoms with Gasteiger partial charge in [0.25, 0.3) is 0 Å². The molecule has 0 aliphatic carbocycles. The third-order valence-corrected chi connectivity index (χ3v) is 9.09. The second kappa shape index (κ2) is 39.8. The molecule has 0 saturated carbocycles. The highest BCUT2D eigenvalue weighted by Crippen LogP contribution is 2.15. The summed E-state index contributed by atoms with van der Waals surface area (Å²) < 4.78 is 10.2. The van der Waals surface area contributed by atoms with Crippen LogP contribution >= 0.6 is 0 Å². The van der Waals surface area contributed by atoms with Gasteiger partial charge in [0.2, 0.25) is 0 Å². The molecule has 0 heterocycles. The minimum Gasteiger partial charge on any atom is -0.478 e. The van der Waals surface area contributed by atoms with Crippen LogP contribution in [0.3, 0.4) is 0 Å². The Hall–Kier alpha value is -2.90. The van der Waals surface area contributed by atoms with Crippen LogP contribution < -0.4 is 0 Å². The summed E-state index contributed by atoms with van der Waals surface area (Å²) in [6, 6.07) is 5.48. The van der Waals surface area contributed by atoms with Crippen molar-refractivity contribution in [3.8, 4) is 0 Å². The summed E-state index contributed by atoms with van der Waals surface area (Å²) >= 11 is 0. The summed E-state index contributed by atoms with van der Waals surface area (Å²) in [7, 11) is 0. The first-order chi connectivity index (χ1) is 26.0. The van der Waals surface area contributed by atoms with Crippen molar-refractivity contribution in [3.63, 3.8) is 0 Å². The molecule has 314 valence electrons. The van der Waals surface area contributed by atoms with Gasteiger partial charge in [-0.05, 0) is 52.7 Å². The fraction of sp³-hybridized carbons (Fsp3) is 0.783. The molecule has 0 amide bonds. The number of rotatable bonds is 32. The van der Waals surface area contributed by atoms with E-state index in [1.54, 1.807) is 0 Å². The van der Waals surface area contributed by atoms with Crippen molar-refractivity contribution in [2.75, 3.05) is 0 Å². The van der Waals surface area contributed by atoms with Gasteiger partial charge in [0.15, 0.2) is 0 Å². The smallest absolute Gasteiger partial charge is 0.336 e. The number of carbonyl (C=O) groups excluding carboxylic acids is 2. The number of carbonyl (C=O) groups is 4. The van der Waals surface area contributed by atoms with E-state index in [0.29, 0.717) is 12.8 Å². The van der Waals surface area contributed by atoms with E-state index in [9.17, 15) is 19.2 Å². The molecule has 2 N–H and O–H groups in total. The number of unbranched alkanes of at least 4 members (excludes halogenated alkanes) is 24. The molecule has 1 rings (SSSR count). The summed E-state index contributed by atoms with van der Waals surface area (Å²) in [6.07, 6.45) is 36.0. The minimum atomic E-state index is -1.23. The Labute approximate surface area is 331 Å². The van der Waals surface area contributed by atoms with Crippen LogP contribution in [0.4, 0.5) is 0 Å². The van der Waals surface area contributed by atoms with Crippen molar-refractivity contribution in [2.45, 2.75) is 234 Å². The lowest BCUT2D eigenvalue weighted by Crippen LogP contribution is -2.10. The molecule has 8 heteroatoms. The molecule has 0 fully saturated rings. The average molecular weight is 763 g/mol. The standard InChI is InChI=1S/2C19H38O2.C8H6O4/c2*1-4-5-6-7-8-9-10-11-12-13-14-15-16-17-19(20)21-18(2)3;9-7(10)5-3-1-2-4-6(5)8(11)12/h2*18H,4-17H2,1-3H3;1-4H,(H,9,10)(H,11,12). The normalized spacial score (nSPS) is 10.7. The van der Waals surface area contributed by atoms with Crippen molar-refractivity contribution in [3.05, 3.63) is 35.4 Å². The zero-order valence-electron chi connectivity index (χ0n) is 35.6. The van der Waals surface area contributed by atoms with Gasteiger partial charge in [-0.2, -0.15) is 0 Å². The molecule has 0 aliphatic heterocycles. The number of carboxylic acid groups (broad SMARTS) is 2. The van der Waals surface area contributed by atoms with Crippen LogP contribution in [0.5, 0.6) is 0 Å². The third-order valence-electron chi connectivity index (χ3n) is 9.09. The summed E-state index contributed by atoms with van der Waals surface area (Å²) in [5.74, 6) is -2.53. The first kappa shape index (κ1) is 53.2. The monoisotopic (exact) mass is 763 g/mol. The molecule has 0 saturated heterocycles. The van der Waals surface area contributed by atoms with E-state index < -0.39 is 11.9 Å². The molecule has 0 radical (unpaired) electrons. The van der Waals surface area contributed by atoms with Crippen LogP contribution in [-0.2, 0) is 19.1 Å². The second-order valence-electron chi connectivity index (χ2n) is 15.2. The minimum absolute atomic E-state index is 0.0273. The number of hydrogen-bond acceptors (Lipinski definition) is 6. The van der Waals surface area contributed by atoms with Crippen molar-refractivity contribution in [1.82, 2.24) is 0 Å². The lowest BCUT2D eigenvalue weighted by Gasteiger charge is -2.07. The number of ether oxygens (including phenoxy) is 2. The van der Waals surface area contributed by atoms with Gasteiger partial charge in [0, 0.05) is 12.8 Å². The molecule has 8 nitrogen and oxygen atoms in total. The predicted molar refractivity (Wildman–Crippen MR) is 223 cm³/mol. The van der Waals surface area contributed by atoms with Gasteiger partial charge in [0.1, 0.15) is 0 Å². The molecule has 54 heavy (non-hydrogen) atoms. The highest BCUT2D eigenvalue weighted by atomic mass is 16.5. The number of hydrogen-bond donors (Lipinski definition) is 2. The highest BCUT2D eigenvalue weighted by molar-refractivity contribution is 6.01. The van der Waals surface area contributed by atoms with E-state index in [2.05, 4.69) is 13.8 Å². The lowest BCUT2D eigenvalue weighted by molar-refractivity contribution is -0.148. The maximum atomic E-state index is 11.3. The van der Waals surface area contributed by atoms with Crippen LogP contribution in [0.25, 0.3) is 0 Å². The van der Waals surface area contributed by atoms with Gasteiger partial charge in [0.05, 0.1) is 23.3 Å². The van der Waals surface area contributed by atoms with Crippen molar-refractivity contribution in [2.24, 2.45) is 0 Å². The average Bonchev–Trinajstić information content (AvgIpc) is 3.12. The van der Waals surface area contributed by atoms with E-state index in [1.807, 2.05) is 27.7 Å². The van der Waals surface area contributed by atoms with Gasteiger partial charge in [-0.3, -0.25) is 9.59 Å². The fourth-order valence-corrected chi connectivity index (χ4v) is 6.07. The number of esters is 2. The SMILES string of the molecule is CCCCCCCCCCCCCCCC(=O)OC(C)C.CCCCCCCCCCCCCCCC(=O)OC(C)C.O=C(O)c1ccccc1C(=O)O. The largest absolute Gasteiger partial charge is 0.478 e. The fourth-order valence-electron chi connectivity index (χ4n) is 6.07. The van der Waals surface area contributed by atoms with E-state index in [1.165, 1.54) is 178 Å². The quantitative estimate of drug-likeness (QED) is 0.0548. The topological polar surface area (TPSA) is 127 Å². The van der Waals surface area contributed by atoms with E-state index in [-0.39, 0.29) is 35.3 Å². The zero-order chi connectivity index (χ0) is 40.7. The van der Waals surface area contributed by atoms with E-state index in [0.717, 1.165) is 12.8 Å². The third kappa shape index (κ3) is 38.8. The van der Waals surface area contributed by atoms with Crippen molar-refractivity contribution in [1.29, 1.82) is 0 Å². The molecule has 0 aliphatic rings. The lowest BCUT2D eigenvalue weighted by atomic mass is 10.0. The van der Waals surface area contributed by atoms with Gasteiger partial charge in [-0.25, -0.2) is 9.59 Å². The maximum absolute atomic E-state index is 11.3. The Morgan fingerprint density at radius 3 is 0.852 bits per heavy atom. The molecule has 0 unspecified atom stereocenters. The van der Waals surface area contributed by atoms with Gasteiger partial charge >= 0.3 is 23.9 Å². The zero-order valence-corrected chi connectivity index (χ0v) is 35.6. The number of benzene rings is 1. The molecular weight excluding hydrogens is 680 g/mol. The predicted octanol–water partition coefficient (Wildman–Crippen LogP) is 13.9. The van der Waals surface area contributed by atoms with Crippen molar-refractivity contribution < 1.29 is 38.9 Å². The van der Waals surface area contributed by atoms with Gasteiger partial charge in [-0.15, -0.1) is 0 Å². The molecule has 1 aromatic rings. The van der Waals surface area contributed by atoms with Gasteiger partial charge < -0.3 is 19.7 Å².